The largest absolute Gasteiger partial charge is 0.378 e. The Bertz CT molecular complexity index is 1050. The van der Waals surface area contributed by atoms with Gasteiger partial charge in [0.2, 0.25) is 10.0 Å². The lowest BCUT2D eigenvalue weighted by Crippen LogP contribution is -2.15. The number of hydrogen-bond donors (Lipinski definition) is 2. The van der Waals surface area contributed by atoms with Crippen molar-refractivity contribution in [2.75, 3.05) is 5.32 Å². The molecule has 26 heavy (non-hydrogen) atoms. The number of non-ortho nitro benzene ring substituents is 1. The summed E-state index contributed by atoms with van der Waals surface area (Å²) in [6.07, 6.45) is 1.78. The molecule has 1 aromatic heterocycles. The van der Waals surface area contributed by atoms with Gasteiger partial charge in [0.05, 0.1) is 28.5 Å². The molecule has 9 nitrogen and oxygen atoms in total. The number of benzene rings is 2. The Morgan fingerprint density at radius 2 is 1.88 bits per heavy atom. The van der Waals surface area contributed by atoms with E-state index in [4.69, 9.17) is 5.14 Å². The van der Waals surface area contributed by atoms with Crippen molar-refractivity contribution in [2.45, 2.75) is 11.4 Å². The standard InChI is InChI=1S/C16H15N5O4S/c17-26(24,25)16-10-14(21(22)23)6-7-15(16)18-11-12-8-9-20(19-12)13-4-2-1-3-5-13/h1-10,18H,11H2,(H2,17,24,25). The zero-order valence-electron chi connectivity index (χ0n) is 13.4. The predicted molar refractivity (Wildman–Crippen MR) is 95.4 cm³/mol. The summed E-state index contributed by atoms with van der Waals surface area (Å²) in [5, 5.41) is 23.3. The molecule has 0 radical (unpaired) electrons. The highest BCUT2D eigenvalue weighted by molar-refractivity contribution is 7.89. The quantitative estimate of drug-likeness (QED) is 0.502. The van der Waals surface area contributed by atoms with Gasteiger partial charge in [0.15, 0.2) is 0 Å². The van der Waals surface area contributed by atoms with E-state index in [1.807, 2.05) is 30.3 Å². The minimum absolute atomic E-state index is 0.173. The molecule has 0 aliphatic heterocycles. The molecule has 0 amide bonds. The van der Waals surface area contributed by atoms with Crippen LogP contribution in [0.4, 0.5) is 11.4 Å². The number of para-hydroxylation sites is 1. The zero-order valence-corrected chi connectivity index (χ0v) is 14.3. The maximum Gasteiger partial charge on any atom is 0.270 e. The van der Waals surface area contributed by atoms with E-state index in [2.05, 4.69) is 10.4 Å². The van der Waals surface area contributed by atoms with Crippen molar-refractivity contribution in [1.82, 2.24) is 9.78 Å². The average molecular weight is 373 g/mol. The van der Waals surface area contributed by atoms with E-state index in [1.54, 1.807) is 16.9 Å². The summed E-state index contributed by atoms with van der Waals surface area (Å²) in [7, 11) is -4.12. The first-order valence-corrected chi connectivity index (χ1v) is 9.04. The van der Waals surface area contributed by atoms with E-state index in [9.17, 15) is 18.5 Å². The van der Waals surface area contributed by atoms with E-state index in [-0.39, 0.29) is 22.8 Å². The molecule has 0 bridgehead atoms. The third kappa shape index (κ3) is 3.87. The number of nitrogens with one attached hydrogen (secondary N) is 1. The van der Waals surface area contributed by atoms with E-state index in [1.165, 1.54) is 12.1 Å². The first-order valence-electron chi connectivity index (χ1n) is 7.50. The monoisotopic (exact) mass is 373 g/mol. The van der Waals surface area contributed by atoms with Gasteiger partial charge in [-0.1, -0.05) is 18.2 Å². The Kier molecular flexibility index (Phi) is 4.69. The minimum Gasteiger partial charge on any atom is -0.378 e. The maximum atomic E-state index is 11.7. The van der Waals surface area contributed by atoms with Crippen LogP contribution in [-0.2, 0) is 16.6 Å². The molecule has 0 unspecified atom stereocenters. The molecule has 0 atom stereocenters. The van der Waals surface area contributed by atoms with Gasteiger partial charge >= 0.3 is 0 Å². The molecule has 1 heterocycles. The van der Waals surface area contributed by atoms with Crippen molar-refractivity contribution in [3.63, 3.8) is 0 Å². The summed E-state index contributed by atoms with van der Waals surface area (Å²) in [6.45, 7) is 0.222. The topological polar surface area (TPSA) is 133 Å². The predicted octanol–water partition coefficient (Wildman–Crippen LogP) is 2.04. The molecular weight excluding hydrogens is 358 g/mol. The molecule has 0 spiro atoms. The Morgan fingerprint density at radius 3 is 2.54 bits per heavy atom. The number of aromatic nitrogens is 2. The van der Waals surface area contributed by atoms with Crippen LogP contribution in [-0.4, -0.2) is 23.1 Å². The highest BCUT2D eigenvalue weighted by Crippen LogP contribution is 2.26. The Labute approximate surface area is 149 Å². The van der Waals surface area contributed by atoms with Crippen molar-refractivity contribution in [3.05, 3.63) is 76.6 Å². The normalized spacial score (nSPS) is 11.3. The number of nitro groups is 1. The number of sulfonamides is 1. The zero-order chi connectivity index (χ0) is 18.7. The van der Waals surface area contributed by atoms with Crippen LogP contribution in [0.25, 0.3) is 5.69 Å². The second-order valence-electron chi connectivity index (χ2n) is 5.42. The van der Waals surface area contributed by atoms with Gasteiger partial charge in [-0.15, -0.1) is 0 Å². The van der Waals surface area contributed by atoms with Gasteiger partial charge in [-0.25, -0.2) is 18.2 Å². The van der Waals surface area contributed by atoms with Crippen molar-refractivity contribution in [3.8, 4) is 5.69 Å². The number of anilines is 1. The number of primary sulfonamides is 1. The van der Waals surface area contributed by atoms with Crippen molar-refractivity contribution in [2.24, 2.45) is 5.14 Å². The van der Waals surface area contributed by atoms with Crippen LogP contribution in [0.5, 0.6) is 0 Å². The third-order valence-corrected chi connectivity index (χ3v) is 4.56. The van der Waals surface area contributed by atoms with Crippen molar-refractivity contribution < 1.29 is 13.3 Å². The number of nitrogens with zero attached hydrogens (tertiary/aromatic N) is 3. The Hall–Kier alpha value is -3.24. The Balaban J connectivity index is 1.82. The van der Waals surface area contributed by atoms with Crippen LogP contribution in [0.3, 0.4) is 0 Å². The lowest BCUT2D eigenvalue weighted by atomic mass is 10.2. The summed E-state index contributed by atoms with van der Waals surface area (Å²) in [5.41, 5.74) is 1.37. The molecule has 0 fully saturated rings. The number of hydrogen-bond acceptors (Lipinski definition) is 6. The van der Waals surface area contributed by atoms with E-state index in [0.717, 1.165) is 11.8 Å². The van der Waals surface area contributed by atoms with Gasteiger partial charge in [-0.3, -0.25) is 10.1 Å². The molecular formula is C16H15N5O4S. The van der Waals surface area contributed by atoms with E-state index >= 15 is 0 Å². The molecule has 10 heteroatoms. The number of nitrogens with two attached hydrogens (primary N) is 1. The molecule has 134 valence electrons. The van der Waals surface area contributed by atoms with Gasteiger partial charge < -0.3 is 5.32 Å². The third-order valence-electron chi connectivity index (χ3n) is 3.61. The molecule has 3 rings (SSSR count). The molecule has 3 N–H and O–H groups in total. The highest BCUT2D eigenvalue weighted by Gasteiger charge is 2.19. The van der Waals surface area contributed by atoms with Gasteiger partial charge in [-0.2, -0.15) is 5.10 Å². The highest BCUT2D eigenvalue weighted by atomic mass is 32.2. The van der Waals surface area contributed by atoms with Crippen LogP contribution in [0.1, 0.15) is 5.69 Å². The van der Waals surface area contributed by atoms with Crippen LogP contribution in [0.15, 0.2) is 65.7 Å². The van der Waals surface area contributed by atoms with Crippen molar-refractivity contribution in [1.29, 1.82) is 0 Å². The summed E-state index contributed by atoms with van der Waals surface area (Å²) in [6, 6.07) is 14.7. The fraction of sp³-hybridized carbons (Fsp3) is 0.0625. The summed E-state index contributed by atoms with van der Waals surface area (Å²) in [5.74, 6) is 0. The first-order chi connectivity index (χ1) is 12.3. The van der Waals surface area contributed by atoms with Crippen LogP contribution >= 0.6 is 0 Å². The van der Waals surface area contributed by atoms with E-state index < -0.39 is 14.9 Å². The van der Waals surface area contributed by atoms with Crippen LogP contribution < -0.4 is 10.5 Å². The molecule has 3 aromatic rings. The summed E-state index contributed by atoms with van der Waals surface area (Å²) in [4.78, 5) is 9.83. The minimum atomic E-state index is -4.12. The average Bonchev–Trinajstić information content (AvgIpc) is 3.08. The lowest BCUT2D eigenvalue weighted by molar-refractivity contribution is -0.385. The molecule has 0 aliphatic carbocycles. The van der Waals surface area contributed by atoms with Gasteiger partial charge in [-0.05, 0) is 24.3 Å². The van der Waals surface area contributed by atoms with Crippen molar-refractivity contribution >= 4 is 21.4 Å². The number of rotatable bonds is 6. The fourth-order valence-corrected chi connectivity index (χ4v) is 3.10. The summed E-state index contributed by atoms with van der Waals surface area (Å²) >= 11 is 0. The second kappa shape index (κ2) is 6.94. The molecule has 2 aromatic carbocycles. The van der Waals surface area contributed by atoms with Crippen LogP contribution in [0.2, 0.25) is 0 Å². The summed E-state index contributed by atoms with van der Waals surface area (Å²) < 4.78 is 25.1. The maximum absolute atomic E-state index is 11.7. The second-order valence-corrected chi connectivity index (χ2v) is 6.95. The first kappa shape index (κ1) is 17.6. The molecule has 0 saturated heterocycles. The lowest BCUT2D eigenvalue weighted by Gasteiger charge is -2.09. The SMILES string of the molecule is NS(=O)(=O)c1cc([N+](=O)[O-])ccc1NCc1ccn(-c2ccccc2)n1. The number of nitro benzene ring substituents is 1. The van der Waals surface area contributed by atoms with Gasteiger partial charge in [0.25, 0.3) is 5.69 Å². The van der Waals surface area contributed by atoms with Gasteiger partial charge in [0, 0.05) is 18.3 Å². The fourth-order valence-electron chi connectivity index (χ4n) is 2.37. The van der Waals surface area contributed by atoms with Gasteiger partial charge in [0.1, 0.15) is 4.90 Å². The smallest absolute Gasteiger partial charge is 0.270 e. The molecule has 0 aliphatic rings. The van der Waals surface area contributed by atoms with E-state index in [0.29, 0.717) is 5.69 Å². The molecule has 0 saturated carbocycles. The Morgan fingerprint density at radius 1 is 1.15 bits per heavy atom. The van der Waals surface area contributed by atoms with Crippen LogP contribution in [0, 0.1) is 10.1 Å².